The summed E-state index contributed by atoms with van der Waals surface area (Å²) in [6.07, 6.45) is 13.5. The highest BCUT2D eigenvalue weighted by molar-refractivity contribution is 6.07. The first-order chi connectivity index (χ1) is 47.7. The van der Waals surface area contributed by atoms with Gasteiger partial charge < -0.3 is 4.90 Å². The Kier molecular flexibility index (Phi) is 31.7. The molecule has 0 amide bonds. The number of rotatable bonds is 6. The fourth-order valence-electron chi connectivity index (χ4n) is 12.5. The van der Waals surface area contributed by atoms with E-state index in [-0.39, 0.29) is 22.2 Å². The van der Waals surface area contributed by atoms with E-state index in [1.165, 1.54) is 11.3 Å². The highest BCUT2D eigenvalue weighted by atomic mass is 16.1. The van der Waals surface area contributed by atoms with Gasteiger partial charge in [-0.2, -0.15) is 0 Å². The van der Waals surface area contributed by atoms with Gasteiger partial charge in [0.25, 0.3) is 11.1 Å². The Morgan fingerprint density at radius 3 is 1.08 bits per heavy atom. The third kappa shape index (κ3) is 18.8. The molecular weight excluding hydrogens is 1200 g/mol. The van der Waals surface area contributed by atoms with E-state index in [0.29, 0.717) is 5.92 Å². The van der Waals surface area contributed by atoms with Gasteiger partial charge in [-0.1, -0.05) is 159 Å². The summed E-state index contributed by atoms with van der Waals surface area (Å²) in [6.45, 7) is 52.0. The molecule has 0 atom stereocenters. The topological polar surface area (TPSA) is 105 Å². The number of aromatic nitrogens is 6. The van der Waals surface area contributed by atoms with E-state index in [1.807, 2.05) is 193 Å². The summed E-state index contributed by atoms with van der Waals surface area (Å²) in [5.41, 5.74) is 12.4. The number of pyridine rings is 6. The van der Waals surface area contributed by atoms with Crippen LogP contribution in [0.1, 0.15) is 177 Å². The maximum absolute atomic E-state index is 13.4. The minimum Gasteiger partial charge on any atom is -0.369 e. The predicted octanol–water partition coefficient (Wildman–Crippen LogP) is 22.6. The highest BCUT2D eigenvalue weighted by Crippen LogP contribution is 2.36. The fraction of sp³-hybridized carbons (Fsp3) is 0.379. The van der Waals surface area contributed by atoms with Crippen LogP contribution in [0.2, 0.25) is 0 Å². The molecule has 14 rings (SSSR count). The zero-order valence-electron chi connectivity index (χ0n) is 63.6. The molecule has 2 aliphatic rings. The Balaban J connectivity index is 0.000000295. The smallest absolute Gasteiger partial charge is 0.255 e. The maximum atomic E-state index is 13.4. The second-order valence-corrected chi connectivity index (χ2v) is 24.2. The van der Waals surface area contributed by atoms with Gasteiger partial charge in [0.15, 0.2) is 0 Å². The second-order valence-electron chi connectivity index (χ2n) is 24.2. The number of piperidine rings is 1. The van der Waals surface area contributed by atoms with Crippen molar-refractivity contribution in [2.45, 2.75) is 182 Å². The van der Waals surface area contributed by atoms with Gasteiger partial charge in [0.05, 0.1) is 22.1 Å². The number of fused-ring (bicyclic) bond motifs is 8. The fourth-order valence-corrected chi connectivity index (χ4v) is 12.5. The summed E-state index contributed by atoms with van der Waals surface area (Å²) in [6, 6.07) is 53.6. The molecule has 0 bridgehead atoms. The first-order valence-corrected chi connectivity index (χ1v) is 36.7. The Labute approximate surface area is 587 Å². The zero-order chi connectivity index (χ0) is 72.3. The molecule has 0 radical (unpaired) electrons. The van der Waals surface area contributed by atoms with Crippen LogP contribution in [0, 0.1) is 0 Å². The Hall–Kier alpha value is -8.90. The molecule has 520 valence electrons. The summed E-state index contributed by atoms with van der Waals surface area (Å²) in [5, 5.41) is 8.29. The quantitative estimate of drug-likeness (QED) is 0.151. The molecule has 2 fully saturated rings. The normalized spacial score (nSPS) is 13.0. The van der Waals surface area contributed by atoms with Gasteiger partial charge in [-0.25, -0.2) is 0 Å². The molecule has 98 heavy (non-hydrogen) atoms. The minimum absolute atomic E-state index is 0.0431. The van der Waals surface area contributed by atoms with Crippen molar-refractivity contribution < 1.29 is 0 Å². The van der Waals surface area contributed by atoms with Gasteiger partial charge >= 0.3 is 0 Å². The number of nitrogens with zero attached hydrogens (tertiary/aromatic N) is 9. The molecule has 6 aromatic carbocycles. The van der Waals surface area contributed by atoms with Gasteiger partial charge in [-0.15, -0.1) is 0 Å². The molecule has 11 nitrogen and oxygen atoms in total. The van der Waals surface area contributed by atoms with E-state index >= 15 is 0 Å². The van der Waals surface area contributed by atoms with Crippen molar-refractivity contribution in [3.63, 3.8) is 0 Å². The number of benzene rings is 6. The third-order valence-electron chi connectivity index (χ3n) is 17.2. The van der Waals surface area contributed by atoms with Gasteiger partial charge in [0, 0.05) is 136 Å². The summed E-state index contributed by atoms with van der Waals surface area (Å²) in [7, 11) is 0. The van der Waals surface area contributed by atoms with Crippen molar-refractivity contribution in [2.24, 2.45) is 0 Å². The number of hydrogen-bond donors (Lipinski definition) is 0. The maximum Gasteiger partial charge on any atom is 0.255 e. The first-order valence-electron chi connectivity index (χ1n) is 36.7. The standard InChI is InChI=1S/C36H34N4O.C35H33N5O.8C2H6/c1-36(2,3)39-18-15-26(16-19-39)24-6-10-31(11-7-24)40-34(41)13-9-29-23-38-33-12-8-28(21-32(33)35(29)40)27-5-4-25-14-17-37-22-30(25)20-27;1-35(2,3)39-18-16-38(17-19-39)29-8-10-30(11-9-29)40-33(41)13-7-27-23-37-32-12-6-26(21-31(32)34(27)40)25-5-4-24-14-15-36-22-28(24)20-25;8*1-2/h4-14,17,20-23,26H,15-16,18-19H2,1-3H3;4-15,20-23H,16-19H2,1-3H3;8*1-2H3. The molecule has 12 aromatic rings. The molecule has 0 saturated carbocycles. The largest absolute Gasteiger partial charge is 0.369 e. The van der Waals surface area contributed by atoms with Crippen LogP contribution in [-0.2, 0) is 0 Å². The number of piperazine rings is 1. The van der Waals surface area contributed by atoms with Gasteiger partial charge in [0.1, 0.15) is 0 Å². The molecule has 0 unspecified atom stereocenters. The van der Waals surface area contributed by atoms with E-state index in [2.05, 4.69) is 175 Å². The van der Waals surface area contributed by atoms with Crippen molar-refractivity contribution in [1.82, 2.24) is 38.9 Å². The number of hydrogen-bond acceptors (Lipinski definition) is 9. The van der Waals surface area contributed by atoms with Crippen LogP contribution >= 0.6 is 0 Å². The molecule has 0 spiro atoms. The second kappa shape index (κ2) is 38.9. The summed E-state index contributed by atoms with van der Waals surface area (Å²) in [4.78, 5) is 52.4. The van der Waals surface area contributed by atoms with E-state index < -0.39 is 0 Å². The van der Waals surface area contributed by atoms with Crippen LogP contribution in [0.15, 0.2) is 204 Å². The summed E-state index contributed by atoms with van der Waals surface area (Å²) >= 11 is 0. The van der Waals surface area contributed by atoms with Gasteiger partial charge in [-0.3, -0.25) is 48.5 Å². The molecule has 11 heteroatoms. The molecular formula is C87H115N9O2. The van der Waals surface area contributed by atoms with Crippen molar-refractivity contribution in [1.29, 1.82) is 0 Å². The minimum atomic E-state index is -0.0567. The summed E-state index contributed by atoms with van der Waals surface area (Å²) < 4.78 is 3.67. The number of anilines is 1. The Morgan fingerprint density at radius 1 is 0.337 bits per heavy atom. The van der Waals surface area contributed by atoms with Crippen molar-refractivity contribution in [3.05, 3.63) is 221 Å². The van der Waals surface area contributed by atoms with Crippen LogP contribution < -0.4 is 16.0 Å². The van der Waals surface area contributed by atoms with Crippen LogP contribution in [0.25, 0.3) is 98.8 Å². The average molecular weight is 1320 g/mol. The van der Waals surface area contributed by atoms with E-state index in [0.717, 1.165) is 151 Å². The predicted molar refractivity (Wildman–Crippen MR) is 429 cm³/mol. The third-order valence-corrected chi connectivity index (χ3v) is 17.2. The van der Waals surface area contributed by atoms with Crippen molar-refractivity contribution in [2.75, 3.05) is 44.2 Å². The monoisotopic (exact) mass is 1320 g/mol. The Morgan fingerprint density at radius 2 is 0.684 bits per heavy atom. The molecule has 0 N–H and O–H groups in total. The van der Waals surface area contributed by atoms with Crippen molar-refractivity contribution in [3.8, 4) is 33.6 Å². The molecule has 2 saturated heterocycles. The lowest BCUT2D eigenvalue weighted by molar-refractivity contribution is 0.102. The van der Waals surface area contributed by atoms with Gasteiger partial charge in [0.2, 0.25) is 0 Å². The van der Waals surface area contributed by atoms with Crippen molar-refractivity contribution >= 4 is 70.8 Å². The zero-order valence-corrected chi connectivity index (χ0v) is 63.6. The van der Waals surface area contributed by atoms with Crippen LogP contribution in [0.4, 0.5) is 5.69 Å². The van der Waals surface area contributed by atoms with Gasteiger partial charge in [-0.05, 0) is 209 Å². The lowest BCUT2D eigenvalue weighted by atomic mass is 9.87. The lowest BCUT2D eigenvalue weighted by Crippen LogP contribution is -2.53. The van der Waals surface area contributed by atoms with Crippen LogP contribution in [0.5, 0.6) is 0 Å². The molecule has 8 heterocycles. The summed E-state index contributed by atoms with van der Waals surface area (Å²) in [5.74, 6) is 0.552. The first kappa shape index (κ1) is 79.8. The Bertz CT molecular complexity index is 4210. The highest BCUT2D eigenvalue weighted by Gasteiger charge is 2.29. The SMILES string of the molecule is CC.CC.CC.CC.CC.CC.CC.CC.CC(C)(C)N1CCC(c2ccc(-n3c(=O)ccc4cnc5ccc(-c6ccc7ccncc7c6)cc5c43)cc2)CC1.CC(C)(C)N1CCN(c2ccc(-n3c(=O)ccc4cnc5ccc(-c6ccc7ccncc7c6)cc5c43)cc2)CC1. The molecule has 6 aromatic heterocycles. The number of likely N-dealkylation sites (tertiary alicyclic amines) is 1. The molecule has 2 aliphatic heterocycles. The van der Waals surface area contributed by atoms with E-state index in [9.17, 15) is 9.59 Å². The lowest BCUT2D eigenvalue weighted by Gasteiger charge is -2.43. The van der Waals surface area contributed by atoms with E-state index in [4.69, 9.17) is 9.97 Å². The molecule has 0 aliphatic carbocycles. The van der Waals surface area contributed by atoms with E-state index in [1.54, 1.807) is 12.1 Å². The average Bonchev–Trinajstić information content (AvgIpc) is 0.756. The van der Waals surface area contributed by atoms with Crippen LogP contribution in [-0.4, -0.2) is 89.2 Å². The van der Waals surface area contributed by atoms with Crippen LogP contribution in [0.3, 0.4) is 0 Å².